The molecule has 39 heavy (non-hydrogen) atoms. The van der Waals surface area contributed by atoms with Crippen LogP contribution in [0.1, 0.15) is 43.5 Å². The number of benzene rings is 2. The molecule has 0 radical (unpaired) electrons. The Hall–Kier alpha value is -3.98. The highest BCUT2D eigenvalue weighted by Gasteiger charge is 2.25. The van der Waals surface area contributed by atoms with Crippen LogP contribution in [0.5, 0.6) is 23.0 Å². The molecule has 2 aromatic heterocycles. The molecule has 0 aliphatic rings. The van der Waals surface area contributed by atoms with Gasteiger partial charge in [0.25, 0.3) is 0 Å². The predicted octanol–water partition coefficient (Wildman–Crippen LogP) is 5.01. The Morgan fingerprint density at radius 2 is 0.974 bits per heavy atom. The number of imidazole rings is 2. The summed E-state index contributed by atoms with van der Waals surface area (Å²) in [6, 6.07) is 11.9. The van der Waals surface area contributed by atoms with Crippen LogP contribution in [0.25, 0.3) is 0 Å². The highest BCUT2D eigenvalue weighted by Crippen LogP contribution is 2.26. The maximum Gasteiger partial charge on any atom is 0.123 e. The standard InChI is InChI=1S/C30H39N5O4/c1-30(2,3)35(20-28-31-8-10-33(28)18-22-12-24(36-4)16-25(13-22)37-5)21-29-32-9-11-34(29)19-23-14-26(38-6)17-27(15-23)39-7/h8-17H,18-21H2,1-7H3. The molecule has 0 atom stereocenters. The number of ether oxygens (including phenoxy) is 4. The van der Waals surface area contributed by atoms with Crippen molar-refractivity contribution in [2.24, 2.45) is 0 Å². The molecule has 2 heterocycles. The second kappa shape index (κ2) is 12.3. The Labute approximate surface area is 230 Å². The number of rotatable bonds is 12. The first-order chi connectivity index (χ1) is 18.7. The zero-order valence-electron chi connectivity index (χ0n) is 24.0. The summed E-state index contributed by atoms with van der Waals surface area (Å²) in [5, 5.41) is 0. The lowest BCUT2D eigenvalue weighted by Crippen LogP contribution is -2.41. The van der Waals surface area contributed by atoms with Gasteiger partial charge in [0.05, 0.1) is 41.5 Å². The van der Waals surface area contributed by atoms with Gasteiger partial charge in [-0.25, -0.2) is 9.97 Å². The van der Waals surface area contributed by atoms with Gasteiger partial charge in [-0.15, -0.1) is 0 Å². The Morgan fingerprint density at radius 3 is 1.28 bits per heavy atom. The van der Waals surface area contributed by atoms with Gasteiger partial charge in [-0.05, 0) is 56.2 Å². The molecule has 208 valence electrons. The maximum atomic E-state index is 5.46. The molecule has 0 fully saturated rings. The average Bonchev–Trinajstić information content (AvgIpc) is 3.56. The molecule has 0 spiro atoms. The minimum Gasteiger partial charge on any atom is -0.497 e. The number of nitrogens with zero attached hydrogens (tertiary/aromatic N) is 5. The molecule has 0 amide bonds. The van der Waals surface area contributed by atoms with Gasteiger partial charge in [-0.2, -0.15) is 0 Å². The van der Waals surface area contributed by atoms with Gasteiger partial charge in [0.15, 0.2) is 0 Å². The highest BCUT2D eigenvalue weighted by molar-refractivity contribution is 5.39. The summed E-state index contributed by atoms with van der Waals surface area (Å²) >= 11 is 0. The zero-order chi connectivity index (χ0) is 28.0. The maximum absolute atomic E-state index is 5.46. The van der Waals surface area contributed by atoms with Crippen molar-refractivity contribution in [3.63, 3.8) is 0 Å². The molecule has 0 saturated carbocycles. The number of hydrogen-bond acceptors (Lipinski definition) is 7. The van der Waals surface area contributed by atoms with Gasteiger partial charge < -0.3 is 28.1 Å². The van der Waals surface area contributed by atoms with Gasteiger partial charge in [0.1, 0.15) is 34.6 Å². The molecule has 9 nitrogen and oxygen atoms in total. The van der Waals surface area contributed by atoms with E-state index in [1.807, 2.05) is 61.2 Å². The van der Waals surface area contributed by atoms with Gasteiger partial charge in [-0.3, -0.25) is 4.90 Å². The first-order valence-corrected chi connectivity index (χ1v) is 12.9. The monoisotopic (exact) mass is 533 g/mol. The van der Waals surface area contributed by atoms with Crippen LogP contribution in [0, 0.1) is 0 Å². The summed E-state index contributed by atoms with van der Waals surface area (Å²) in [5.74, 6) is 5.01. The van der Waals surface area contributed by atoms with Crippen LogP contribution in [0.3, 0.4) is 0 Å². The largest absolute Gasteiger partial charge is 0.497 e. The minimum atomic E-state index is -0.119. The summed E-state index contributed by atoms with van der Waals surface area (Å²) in [7, 11) is 6.66. The molecule has 0 bridgehead atoms. The van der Waals surface area contributed by atoms with Gasteiger partial charge in [0, 0.05) is 55.5 Å². The predicted molar refractivity (Wildman–Crippen MR) is 151 cm³/mol. The van der Waals surface area contributed by atoms with Gasteiger partial charge in [-0.1, -0.05) is 0 Å². The van der Waals surface area contributed by atoms with E-state index in [1.165, 1.54) is 0 Å². The van der Waals surface area contributed by atoms with Crippen LogP contribution < -0.4 is 18.9 Å². The van der Waals surface area contributed by atoms with Crippen LogP contribution in [0.4, 0.5) is 0 Å². The Bertz CT molecular complexity index is 1230. The SMILES string of the molecule is COc1cc(Cn2ccnc2CN(Cc2nccn2Cc2cc(OC)cc(OC)c2)C(C)(C)C)cc(OC)c1. The fraction of sp³-hybridized carbons (Fsp3) is 0.400. The smallest absolute Gasteiger partial charge is 0.123 e. The summed E-state index contributed by atoms with van der Waals surface area (Å²) in [6.07, 6.45) is 7.73. The average molecular weight is 534 g/mol. The first kappa shape index (κ1) is 28.0. The van der Waals surface area contributed by atoms with E-state index in [4.69, 9.17) is 28.9 Å². The van der Waals surface area contributed by atoms with Gasteiger partial charge >= 0.3 is 0 Å². The lowest BCUT2D eigenvalue weighted by molar-refractivity contribution is 0.109. The van der Waals surface area contributed by atoms with Crippen molar-refractivity contribution in [3.8, 4) is 23.0 Å². The third-order valence-corrected chi connectivity index (χ3v) is 6.74. The third kappa shape index (κ3) is 7.11. The lowest BCUT2D eigenvalue weighted by Gasteiger charge is -2.35. The minimum absolute atomic E-state index is 0.119. The van der Waals surface area contributed by atoms with Crippen LogP contribution >= 0.6 is 0 Å². The summed E-state index contributed by atoms with van der Waals surface area (Å²) in [5.41, 5.74) is 2.04. The number of aromatic nitrogens is 4. The van der Waals surface area contributed by atoms with Crippen LogP contribution in [0.15, 0.2) is 61.2 Å². The summed E-state index contributed by atoms with van der Waals surface area (Å²) in [4.78, 5) is 11.8. The van der Waals surface area contributed by atoms with Crippen molar-refractivity contribution in [1.29, 1.82) is 0 Å². The Balaban J connectivity index is 1.54. The fourth-order valence-corrected chi connectivity index (χ4v) is 4.45. The van der Waals surface area contributed by atoms with E-state index in [0.717, 1.165) is 45.8 Å². The van der Waals surface area contributed by atoms with E-state index in [2.05, 4.69) is 34.8 Å². The topological polar surface area (TPSA) is 75.8 Å². The summed E-state index contributed by atoms with van der Waals surface area (Å²) in [6.45, 7) is 9.30. The quantitative estimate of drug-likeness (QED) is 0.253. The molecule has 0 aliphatic heterocycles. The van der Waals surface area contributed by atoms with E-state index in [9.17, 15) is 0 Å². The highest BCUT2D eigenvalue weighted by atomic mass is 16.5. The normalized spacial score (nSPS) is 11.6. The van der Waals surface area contributed by atoms with Crippen molar-refractivity contribution in [2.45, 2.75) is 52.5 Å². The molecular weight excluding hydrogens is 494 g/mol. The van der Waals surface area contributed by atoms with Crippen molar-refractivity contribution >= 4 is 0 Å². The molecule has 0 N–H and O–H groups in total. The number of methoxy groups -OCH3 is 4. The van der Waals surface area contributed by atoms with Crippen LogP contribution in [-0.4, -0.2) is 58.0 Å². The molecule has 4 rings (SSSR count). The Morgan fingerprint density at radius 1 is 0.615 bits per heavy atom. The lowest BCUT2D eigenvalue weighted by atomic mass is 10.1. The van der Waals surface area contributed by atoms with Crippen molar-refractivity contribution in [1.82, 2.24) is 24.0 Å². The molecule has 0 unspecified atom stereocenters. The summed E-state index contributed by atoms with van der Waals surface area (Å²) < 4.78 is 26.2. The third-order valence-electron chi connectivity index (χ3n) is 6.74. The molecule has 2 aromatic carbocycles. The van der Waals surface area contributed by atoms with E-state index < -0.39 is 0 Å². The van der Waals surface area contributed by atoms with E-state index in [0.29, 0.717) is 26.2 Å². The fourth-order valence-electron chi connectivity index (χ4n) is 4.45. The van der Waals surface area contributed by atoms with Crippen molar-refractivity contribution in [2.75, 3.05) is 28.4 Å². The molecule has 0 saturated heterocycles. The molecular formula is C30H39N5O4. The van der Waals surface area contributed by atoms with Crippen molar-refractivity contribution < 1.29 is 18.9 Å². The number of hydrogen-bond donors (Lipinski definition) is 0. The second-order valence-corrected chi connectivity index (χ2v) is 10.4. The van der Waals surface area contributed by atoms with E-state index in [1.54, 1.807) is 28.4 Å². The zero-order valence-corrected chi connectivity index (χ0v) is 24.0. The van der Waals surface area contributed by atoms with Crippen molar-refractivity contribution in [3.05, 3.63) is 84.0 Å². The van der Waals surface area contributed by atoms with E-state index in [-0.39, 0.29) is 5.54 Å². The van der Waals surface area contributed by atoms with Crippen LogP contribution in [-0.2, 0) is 26.2 Å². The first-order valence-electron chi connectivity index (χ1n) is 12.9. The van der Waals surface area contributed by atoms with Gasteiger partial charge in [0.2, 0.25) is 0 Å². The Kier molecular flexibility index (Phi) is 8.81. The molecule has 0 aliphatic carbocycles. The van der Waals surface area contributed by atoms with Crippen LogP contribution in [0.2, 0.25) is 0 Å². The molecule has 4 aromatic rings. The van der Waals surface area contributed by atoms with E-state index >= 15 is 0 Å². The molecule has 9 heteroatoms. The second-order valence-electron chi connectivity index (χ2n) is 10.4.